The minimum absolute atomic E-state index is 0.00188. The molecular formula is C27H28Cl3N3O4S. The Bertz CT molecular complexity index is 1420. The van der Waals surface area contributed by atoms with Crippen molar-refractivity contribution < 1.29 is 18.0 Å². The fraction of sp³-hybridized carbons (Fsp3) is 0.259. The number of benzene rings is 3. The van der Waals surface area contributed by atoms with Gasteiger partial charge in [0, 0.05) is 18.6 Å². The molecule has 7 nitrogen and oxygen atoms in total. The van der Waals surface area contributed by atoms with E-state index in [1.54, 1.807) is 43.3 Å². The first-order valence-corrected chi connectivity index (χ1v) is 14.4. The average Bonchev–Trinajstić information content (AvgIpc) is 2.89. The van der Waals surface area contributed by atoms with Crippen molar-refractivity contribution in [2.75, 3.05) is 17.9 Å². The summed E-state index contributed by atoms with van der Waals surface area (Å²) in [5.74, 6) is -0.975. The number of nitrogens with zero attached hydrogens (tertiary/aromatic N) is 2. The highest BCUT2D eigenvalue weighted by Gasteiger charge is 2.33. The minimum Gasteiger partial charge on any atom is -0.357 e. The van der Waals surface area contributed by atoms with E-state index in [2.05, 4.69) is 5.32 Å². The van der Waals surface area contributed by atoms with Crippen LogP contribution in [0.5, 0.6) is 0 Å². The largest absolute Gasteiger partial charge is 0.357 e. The number of rotatable bonds is 10. The summed E-state index contributed by atoms with van der Waals surface area (Å²) < 4.78 is 28.6. The molecule has 3 aromatic carbocycles. The van der Waals surface area contributed by atoms with Gasteiger partial charge in [0.15, 0.2) is 0 Å². The molecule has 0 spiro atoms. The molecule has 3 rings (SSSR count). The number of anilines is 1. The van der Waals surface area contributed by atoms with E-state index in [-0.39, 0.29) is 33.1 Å². The van der Waals surface area contributed by atoms with Gasteiger partial charge in [-0.15, -0.1) is 0 Å². The first-order chi connectivity index (χ1) is 18.0. The lowest BCUT2D eigenvalue weighted by Crippen LogP contribution is -2.51. The highest BCUT2D eigenvalue weighted by molar-refractivity contribution is 7.92. The first-order valence-electron chi connectivity index (χ1n) is 11.8. The molecular weight excluding hydrogens is 569 g/mol. The van der Waals surface area contributed by atoms with Gasteiger partial charge in [-0.2, -0.15) is 0 Å². The van der Waals surface area contributed by atoms with Gasteiger partial charge < -0.3 is 10.2 Å². The highest BCUT2D eigenvalue weighted by atomic mass is 35.5. The van der Waals surface area contributed by atoms with Crippen LogP contribution in [0, 0.1) is 6.92 Å². The zero-order chi connectivity index (χ0) is 28.0. The van der Waals surface area contributed by atoms with Crippen LogP contribution in [0.4, 0.5) is 5.69 Å². The molecule has 0 saturated heterocycles. The van der Waals surface area contributed by atoms with Crippen LogP contribution in [0.3, 0.4) is 0 Å². The summed E-state index contributed by atoms with van der Waals surface area (Å²) in [6.45, 7) is 3.02. The Kier molecular flexibility index (Phi) is 10.1. The SMILES string of the molecule is CCC(C(=O)NC)N(Cc1ccccc1Cl)C(=O)CN(c1ccc(Cl)c(Cl)c1)S(=O)(=O)c1ccc(C)cc1. The molecule has 0 aliphatic rings. The van der Waals surface area contributed by atoms with Crippen LogP contribution in [0.2, 0.25) is 15.1 Å². The molecule has 3 aromatic rings. The quantitative estimate of drug-likeness (QED) is 0.325. The molecule has 1 atom stereocenters. The number of carbonyl (C=O) groups excluding carboxylic acids is 2. The third-order valence-corrected chi connectivity index (χ3v) is 8.91. The molecule has 11 heteroatoms. The standard InChI is InChI=1S/C27H28Cl3N3O4S/c1-4-25(27(35)31-3)32(16-19-7-5-6-8-22(19)28)26(34)17-33(20-11-14-23(29)24(30)15-20)38(36,37)21-12-9-18(2)10-13-21/h5-15,25H,4,16-17H2,1-3H3,(H,31,35). The van der Waals surface area contributed by atoms with Gasteiger partial charge in [0.25, 0.3) is 10.0 Å². The van der Waals surface area contributed by atoms with Gasteiger partial charge in [-0.1, -0.05) is 77.6 Å². The Morgan fingerprint density at radius 3 is 2.16 bits per heavy atom. The number of nitrogens with one attached hydrogen (secondary N) is 1. The first kappa shape index (κ1) is 29.8. The molecule has 1 N–H and O–H groups in total. The number of halogens is 3. The Hall–Kier alpha value is -2.78. The lowest BCUT2D eigenvalue weighted by molar-refractivity contribution is -0.140. The van der Waals surface area contributed by atoms with E-state index in [9.17, 15) is 18.0 Å². The summed E-state index contributed by atoms with van der Waals surface area (Å²) >= 11 is 18.7. The lowest BCUT2D eigenvalue weighted by atomic mass is 10.1. The Morgan fingerprint density at radius 2 is 1.58 bits per heavy atom. The van der Waals surface area contributed by atoms with Crippen molar-refractivity contribution in [3.05, 3.63) is 92.9 Å². The van der Waals surface area contributed by atoms with E-state index in [0.29, 0.717) is 17.0 Å². The van der Waals surface area contributed by atoms with Crippen LogP contribution in [0.25, 0.3) is 0 Å². The predicted octanol–water partition coefficient (Wildman–Crippen LogP) is 5.70. The Balaban J connectivity index is 2.10. The van der Waals surface area contributed by atoms with Crippen LogP contribution in [-0.2, 0) is 26.2 Å². The number of likely N-dealkylation sites (N-methyl/N-ethyl adjacent to an activating group) is 1. The van der Waals surface area contributed by atoms with Gasteiger partial charge in [0.05, 0.1) is 20.6 Å². The Morgan fingerprint density at radius 1 is 0.921 bits per heavy atom. The normalized spacial score (nSPS) is 12.1. The van der Waals surface area contributed by atoms with E-state index < -0.39 is 28.5 Å². The second-order valence-electron chi connectivity index (χ2n) is 8.57. The van der Waals surface area contributed by atoms with Gasteiger partial charge in [-0.05, 0) is 55.3 Å². The maximum absolute atomic E-state index is 13.9. The van der Waals surface area contributed by atoms with E-state index in [4.69, 9.17) is 34.8 Å². The summed E-state index contributed by atoms with van der Waals surface area (Å²) in [5.41, 5.74) is 1.65. The van der Waals surface area contributed by atoms with Crippen LogP contribution in [0.15, 0.2) is 71.6 Å². The molecule has 0 bridgehead atoms. The zero-order valence-corrected chi connectivity index (χ0v) is 24.2. The molecule has 38 heavy (non-hydrogen) atoms. The number of hydrogen-bond acceptors (Lipinski definition) is 4. The second kappa shape index (κ2) is 12.8. The topological polar surface area (TPSA) is 86.8 Å². The summed E-state index contributed by atoms with van der Waals surface area (Å²) in [7, 11) is -2.73. The van der Waals surface area contributed by atoms with Crippen molar-refractivity contribution in [2.45, 2.75) is 37.8 Å². The maximum atomic E-state index is 13.9. The maximum Gasteiger partial charge on any atom is 0.264 e. The number of hydrogen-bond donors (Lipinski definition) is 1. The van der Waals surface area contributed by atoms with Crippen LogP contribution in [-0.4, -0.2) is 44.8 Å². The smallest absolute Gasteiger partial charge is 0.264 e. The second-order valence-corrected chi connectivity index (χ2v) is 11.7. The van der Waals surface area contributed by atoms with Gasteiger partial charge in [-0.3, -0.25) is 13.9 Å². The number of sulfonamides is 1. The lowest BCUT2D eigenvalue weighted by Gasteiger charge is -2.33. The molecule has 2 amide bonds. The average molecular weight is 597 g/mol. The van der Waals surface area contributed by atoms with Gasteiger partial charge in [0.1, 0.15) is 12.6 Å². The van der Waals surface area contributed by atoms with Crippen molar-refractivity contribution in [3.63, 3.8) is 0 Å². The number of amides is 2. The fourth-order valence-corrected chi connectivity index (χ4v) is 5.80. The highest BCUT2D eigenvalue weighted by Crippen LogP contribution is 2.31. The fourth-order valence-electron chi connectivity index (χ4n) is 3.90. The molecule has 0 fully saturated rings. The molecule has 0 saturated carbocycles. The van der Waals surface area contributed by atoms with Crippen LogP contribution < -0.4 is 9.62 Å². The molecule has 0 aliphatic heterocycles. The number of aryl methyl sites for hydroxylation is 1. The summed E-state index contributed by atoms with van der Waals surface area (Å²) in [6, 6.07) is 16.7. The van der Waals surface area contributed by atoms with Crippen molar-refractivity contribution in [2.24, 2.45) is 0 Å². The predicted molar refractivity (Wildman–Crippen MR) is 152 cm³/mol. The van der Waals surface area contributed by atoms with E-state index in [0.717, 1.165) is 9.87 Å². The van der Waals surface area contributed by atoms with Crippen LogP contribution >= 0.6 is 34.8 Å². The third-order valence-electron chi connectivity index (χ3n) is 6.01. The third kappa shape index (κ3) is 6.80. The van der Waals surface area contributed by atoms with Crippen molar-refractivity contribution in [1.82, 2.24) is 10.2 Å². The van der Waals surface area contributed by atoms with Gasteiger partial charge in [0.2, 0.25) is 11.8 Å². The molecule has 0 heterocycles. The van der Waals surface area contributed by atoms with E-state index >= 15 is 0 Å². The van der Waals surface area contributed by atoms with E-state index in [1.807, 2.05) is 6.92 Å². The summed E-state index contributed by atoms with van der Waals surface area (Å²) in [4.78, 5) is 28.0. The van der Waals surface area contributed by atoms with Crippen LogP contribution in [0.1, 0.15) is 24.5 Å². The van der Waals surface area contributed by atoms with Gasteiger partial charge >= 0.3 is 0 Å². The summed E-state index contributed by atoms with van der Waals surface area (Å²) in [5, 5.41) is 3.37. The molecule has 0 aromatic heterocycles. The Labute approximate surface area is 238 Å². The van der Waals surface area contributed by atoms with Crippen molar-refractivity contribution >= 4 is 62.3 Å². The number of carbonyl (C=O) groups is 2. The van der Waals surface area contributed by atoms with Crippen molar-refractivity contribution in [1.29, 1.82) is 0 Å². The molecule has 202 valence electrons. The minimum atomic E-state index is -4.21. The van der Waals surface area contributed by atoms with E-state index in [1.165, 1.54) is 42.3 Å². The zero-order valence-electron chi connectivity index (χ0n) is 21.1. The molecule has 0 aliphatic carbocycles. The van der Waals surface area contributed by atoms with Gasteiger partial charge in [-0.25, -0.2) is 8.42 Å². The molecule has 0 radical (unpaired) electrons. The molecule has 1 unspecified atom stereocenters. The van der Waals surface area contributed by atoms with Crippen molar-refractivity contribution in [3.8, 4) is 0 Å². The summed E-state index contributed by atoms with van der Waals surface area (Å²) in [6.07, 6.45) is 0.299. The monoisotopic (exact) mass is 595 g/mol.